The number of methoxy groups -OCH3 is 4. The lowest BCUT2D eigenvalue weighted by Crippen LogP contribution is -2.31. The summed E-state index contributed by atoms with van der Waals surface area (Å²) in [7, 11) is 6.26. The van der Waals surface area contributed by atoms with Crippen LogP contribution >= 0.6 is 0 Å². The van der Waals surface area contributed by atoms with Gasteiger partial charge in [-0.1, -0.05) is 24.3 Å². The van der Waals surface area contributed by atoms with E-state index in [1.807, 2.05) is 60.0 Å². The second kappa shape index (κ2) is 9.77. The summed E-state index contributed by atoms with van der Waals surface area (Å²) in [6.45, 7) is 1.86. The molecule has 0 saturated heterocycles. The molecule has 0 saturated carbocycles. The lowest BCUT2D eigenvalue weighted by atomic mass is 9.93. The molecule has 37 heavy (non-hydrogen) atoms. The van der Waals surface area contributed by atoms with E-state index >= 15 is 0 Å². The number of nitrogens with one attached hydrogen (secondary N) is 2. The number of imidazole rings is 1. The van der Waals surface area contributed by atoms with E-state index in [1.165, 1.54) is 0 Å². The maximum absolute atomic E-state index is 14.0. The van der Waals surface area contributed by atoms with Crippen LogP contribution in [0.5, 0.6) is 23.0 Å². The van der Waals surface area contributed by atoms with Crippen molar-refractivity contribution >= 4 is 28.6 Å². The van der Waals surface area contributed by atoms with Crippen LogP contribution in [0.2, 0.25) is 0 Å². The summed E-state index contributed by atoms with van der Waals surface area (Å²) in [5, 5.41) is 6.35. The zero-order chi connectivity index (χ0) is 26.1. The molecular formula is C28H28N4O5. The Morgan fingerprint density at radius 2 is 1.57 bits per heavy atom. The van der Waals surface area contributed by atoms with E-state index in [2.05, 4.69) is 10.6 Å². The molecule has 0 fully saturated rings. The van der Waals surface area contributed by atoms with Crippen LogP contribution in [0.25, 0.3) is 11.0 Å². The SMILES string of the molecule is COc1ccccc1NC(=O)C1=C(C)Nc2nc3ccccc3n2[C@H]1c1ccc(OC)c(OC)c1OC. The molecule has 5 rings (SSSR count). The Balaban J connectivity index is 1.74. The van der Waals surface area contributed by atoms with Crippen LogP contribution < -0.4 is 29.6 Å². The van der Waals surface area contributed by atoms with E-state index in [0.29, 0.717) is 45.9 Å². The molecule has 4 aromatic rings. The van der Waals surface area contributed by atoms with E-state index in [-0.39, 0.29) is 5.91 Å². The predicted octanol–water partition coefficient (Wildman–Crippen LogP) is 5.00. The average Bonchev–Trinajstić information content (AvgIpc) is 3.29. The summed E-state index contributed by atoms with van der Waals surface area (Å²) >= 11 is 0. The molecule has 0 unspecified atom stereocenters. The van der Waals surface area contributed by atoms with Gasteiger partial charge >= 0.3 is 0 Å². The second-order valence-electron chi connectivity index (χ2n) is 8.44. The van der Waals surface area contributed by atoms with Crippen molar-refractivity contribution in [2.45, 2.75) is 13.0 Å². The molecular weight excluding hydrogens is 472 g/mol. The van der Waals surface area contributed by atoms with Crippen LogP contribution in [0, 0.1) is 0 Å². The summed E-state index contributed by atoms with van der Waals surface area (Å²) in [5.74, 6) is 2.32. The van der Waals surface area contributed by atoms with Gasteiger partial charge in [0.25, 0.3) is 5.91 Å². The zero-order valence-corrected chi connectivity index (χ0v) is 21.3. The standard InChI is InChI=1S/C28H28N4O5/c1-16-23(27(33)30-19-11-7-9-13-21(19)34-2)24(17-14-15-22(35-3)26(37-5)25(17)36-4)32-20-12-8-6-10-18(20)31-28(32)29-16/h6-15,24H,1-5H3,(H,29,31)(H,30,33)/t24-/m0/s1. The highest BCUT2D eigenvalue weighted by Gasteiger charge is 2.37. The first-order valence-corrected chi connectivity index (χ1v) is 11.7. The second-order valence-corrected chi connectivity index (χ2v) is 8.44. The number of aromatic nitrogens is 2. The number of hydrogen-bond acceptors (Lipinski definition) is 7. The highest BCUT2D eigenvalue weighted by molar-refractivity contribution is 6.07. The molecule has 1 atom stereocenters. The number of allylic oxidation sites excluding steroid dienone is 1. The smallest absolute Gasteiger partial charge is 0.255 e. The third kappa shape index (κ3) is 3.98. The quantitative estimate of drug-likeness (QED) is 0.369. The Labute approximate surface area is 214 Å². The zero-order valence-electron chi connectivity index (χ0n) is 21.3. The van der Waals surface area contributed by atoms with Crippen LogP contribution in [0.1, 0.15) is 18.5 Å². The van der Waals surface area contributed by atoms with Crippen molar-refractivity contribution in [1.29, 1.82) is 0 Å². The van der Waals surface area contributed by atoms with Crippen molar-refractivity contribution in [3.8, 4) is 23.0 Å². The Bertz CT molecular complexity index is 1520. The Morgan fingerprint density at radius 1 is 0.865 bits per heavy atom. The molecule has 0 bridgehead atoms. The van der Waals surface area contributed by atoms with Gasteiger partial charge in [0.05, 0.1) is 56.8 Å². The topological polar surface area (TPSA) is 95.9 Å². The fraction of sp³-hybridized carbons (Fsp3) is 0.214. The lowest BCUT2D eigenvalue weighted by Gasteiger charge is -2.32. The van der Waals surface area contributed by atoms with Gasteiger partial charge in [0.1, 0.15) is 5.75 Å². The Morgan fingerprint density at radius 3 is 2.30 bits per heavy atom. The molecule has 3 aromatic carbocycles. The molecule has 2 heterocycles. The average molecular weight is 501 g/mol. The molecule has 0 spiro atoms. The van der Waals surface area contributed by atoms with E-state index in [1.54, 1.807) is 40.6 Å². The number of rotatable bonds is 7. The van der Waals surface area contributed by atoms with Crippen molar-refractivity contribution in [2.24, 2.45) is 0 Å². The number of carbonyl (C=O) groups excluding carboxylic acids is 1. The molecule has 1 aliphatic heterocycles. The van der Waals surface area contributed by atoms with Crippen LogP contribution in [0.4, 0.5) is 11.6 Å². The van der Waals surface area contributed by atoms with Crippen LogP contribution in [0.3, 0.4) is 0 Å². The molecule has 9 nitrogen and oxygen atoms in total. The number of carbonyl (C=O) groups is 1. The minimum atomic E-state index is -0.590. The summed E-state index contributed by atoms with van der Waals surface area (Å²) < 4.78 is 24.5. The number of anilines is 2. The van der Waals surface area contributed by atoms with Gasteiger partial charge in [-0.2, -0.15) is 0 Å². The first-order valence-electron chi connectivity index (χ1n) is 11.7. The van der Waals surface area contributed by atoms with Crippen molar-refractivity contribution in [2.75, 3.05) is 39.1 Å². The number of hydrogen-bond donors (Lipinski definition) is 2. The van der Waals surface area contributed by atoms with Gasteiger partial charge in [-0.3, -0.25) is 9.36 Å². The Kier molecular flexibility index (Phi) is 6.35. The molecule has 0 radical (unpaired) electrons. The van der Waals surface area contributed by atoms with Gasteiger partial charge in [0.15, 0.2) is 11.5 Å². The fourth-order valence-electron chi connectivity index (χ4n) is 4.83. The molecule has 190 valence electrons. The first-order chi connectivity index (χ1) is 18.0. The van der Waals surface area contributed by atoms with E-state index in [9.17, 15) is 4.79 Å². The highest BCUT2D eigenvalue weighted by Crippen LogP contribution is 2.48. The van der Waals surface area contributed by atoms with E-state index < -0.39 is 6.04 Å². The minimum Gasteiger partial charge on any atom is -0.495 e. The van der Waals surface area contributed by atoms with Gasteiger partial charge in [0.2, 0.25) is 11.7 Å². The summed E-state index contributed by atoms with van der Waals surface area (Å²) in [5.41, 5.74) is 4.10. The molecule has 9 heteroatoms. The molecule has 1 aliphatic rings. The molecule has 1 amide bonds. The monoisotopic (exact) mass is 500 g/mol. The number of amides is 1. The van der Waals surface area contributed by atoms with Crippen molar-refractivity contribution in [1.82, 2.24) is 9.55 Å². The van der Waals surface area contributed by atoms with Crippen molar-refractivity contribution in [3.05, 3.63) is 77.5 Å². The van der Waals surface area contributed by atoms with Crippen molar-refractivity contribution < 1.29 is 23.7 Å². The number of fused-ring (bicyclic) bond motifs is 3. The Hall–Kier alpha value is -4.66. The normalized spacial score (nSPS) is 14.6. The maximum atomic E-state index is 14.0. The summed E-state index contributed by atoms with van der Waals surface area (Å²) in [4.78, 5) is 18.8. The predicted molar refractivity (Wildman–Crippen MR) is 142 cm³/mol. The number of para-hydroxylation sites is 4. The van der Waals surface area contributed by atoms with Crippen LogP contribution in [-0.2, 0) is 4.79 Å². The van der Waals surface area contributed by atoms with Gasteiger partial charge in [-0.05, 0) is 43.3 Å². The third-order valence-corrected chi connectivity index (χ3v) is 6.46. The lowest BCUT2D eigenvalue weighted by molar-refractivity contribution is -0.113. The van der Waals surface area contributed by atoms with E-state index in [4.69, 9.17) is 23.9 Å². The summed E-state index contributed by atoms with van der Waals surface area (Å²) in [6.07, 6.45) is 0. The summed E-state index contributed by atoms with van der Waals surface area (Å²) in [6, 6.07) is 18.2. The van der Waals surface area contributed by atoms with Crippen LogP contribution in [-0.4, -0.2) is 43.9 Å². The third-order valence-electron chi connectivity index (χ3n) is 6.46. The largest absolute Gasteiger partial charge is 0.495 e. The molecule has 2 N–H and O–H groups in total. The maximum Gasteiger partial charge on any atom is 0.255 e. The highest BCUT2D eigenvalue weighted by atomic mass is 16.5. The van der Waals surface area contributed by atoms with E-state index in [0.717, 1.165) is 16.6 Å². The van der Waals surface area contributed by atoms with Gasteiger partial charge < -0.3 is 29.6 Å². The number of nitrogens with zero attached hydrogens (tertiary/aromatic N) is 2. The molecule has 1 aromatic heterocycles. The molecule has 0 aliphatic carbocycles. The number of ether oxygens (including phenoxy) is 4. The van der Waals surface area contributed by atoms with Gasteiger partial charge in [-0.25, -0.2) is 4.98 Å². The van der Waals surface area contributed by atoms with Crippen LogP contribution in [0.15, 0.2) is 71.9 Å². The van der Waals surface area contributed by atoms with Gasteiger partial charge in [-0.15, -0.1) is 0 Å². The minimum absolute atomic E-state index is 0.292. The fourth-order valence-corrected chi connectivity index (χ4v) is 4.83. The van der Waals surface area contributed by atoms with Gasteiger partial charge in [0, 0.05) is 11.3 Å². The first kappa shape index (κ1) is 24.1. The van der Waals surface area contributed by atoms with Crippen molar-refractivity contribution in [3.63, 3.8) is 0 Å². The number of benzene rings is 3.